The molecule has 88 valence electrons. The highest BCUT2D eigenvalue weighted by atomic mass is 79.9. The van der Waals surface area contributed by atoms with Crippen molar-refractivity contribution < 1.29 is 14.3 Å². The van der Waals surface area contributed by atoms with Gasteiger partial charge in [0.1, 0.15) is 5.82 Å². The lowest BCUT2D eigenvalue weighted by atomic mass is 10.1. The van der Waals surface area contributed by atoms with Crippen molar-refractivity contribution >= 4 is 21.8 Å². The quantitative estimate of drug-likeness (QED) is 0.890. The summed E-state index contributed by atoms with van der Waals surface area (Å²) in [6.07, 6.45) is 0. The van der Waals surface area contributed by atoms with Gasteiger partial charge in [0.25, 0.3) is 5.91 Å². The number of aliphatic hydroxyl groups is 1. The van der Waals surface area contributed by atoms with E-state index in [0.717, 1.165) is 0 Å². The van der Waals surface area contributed by atoms with E-state index < -0.39 is 11.7 Å². The van der Waals surface area contributed by atoms with Gasteiger partial charge in [0, 0.05) is 17.6 Å². The second-order valence-corrected chi connectivity index (χ2v) is 4.45. The van der Waals surface area contributed by atoms with E-state index in [0.29, 0.717) is 11.0 Å². The Morgan fingerprint density at radius 1 is 1.62 bits per heavy atom. The van der Waals surface area contributed by atoms with Gasteiger partial charge >= 0.3 is 0 Å². The van der Waals surface area contributed by atoms with Gasteiger partial charge in [-0.25, -0.2) is 4.39 Å². The van der Waals surface area contributed by atoms with Crippen LogP contribution >= 0.6 is 15.9 Å². The molecule has 1 aromatic carbocycles. The minimum Gasteiger partial charge on any atom is -0.396 e. The van der Waals surface area contributed by atoms with Crippen LogP contribution in [0.5, 0.6) is 0 Å². The summed E-state index contributed by atoms with van der Waals surface area (Å²) in [6, 6.07) is 4.36. The van der Waals surface area contributed by atoms with Gasteiger partial charge in [0.05, 0.1) is 5.56 Å². The summed E-state index contributed by atoms with van der Waals surface area (Å²) in [5.41, 5.74) is -0.00682. The molecule has 1 atom stereocenters. The van der Waals surface area contributed by atoms with Gasteiger partial charge in [-0.1, -0.05) is 13.0 Å². The Balaban J connectivity index is 2.73. The summed E-state index contributed by atoms with van der Waals surface area (Å²) in [4.78, 5) is 11.6. The Bertz CT molecular complexity index is 364. The lowest BCUT2D eigenvalue weighted by Crippen LogP contribution is -2.30. The molecule has 0 spiro atoms. The summed E-state index contributed by atoms with van der Waals surface area (Å²) >= 11 is 3.12. The monoisotopic (exact) mass is 289 g/mol. The average Bonchev–Trinajstić information content (AvgIpc) is 2.25. The first-order valence-corrected chi connectivity index (χ1v) is 5.68. The van der Waals surface area contributed by atoms with Crippen molar-refractivity contribution in [2.45, 2.75) is 6.92 Å². The van der Waals surface area contributed by atoms with Crippen LogP contribution < -0.4 is 5.32 Å². The molecule has 5 heteroatoms. The van der Waals surface area contributed by atoms with Crippen molar-refractivity contribution in [3.63, 3.8) is 0 Å². The number of aliphatic hydroxyl groups excluding tert-OH is 1. The summed E-state index contributed by atoms with van der Waals surface area (Å²) in [5, 5.41) is 11.4. The highest BCUT2D eigenvalue weighted by molar-refractivity contribution is 9.10. The number of halogens is 2. The second-order valence-electron chi connectivity index (χ2n) is 3.59. The molecule has 16 heavy (non-hydrogen) atoms. The molecular formula is C11H13BrFNO2. The molecule has 0 aliphatic rings. The van der Waals surface area contributed by atoms with Crippen LogP contribution in [0.3, 0.4) is 0 Å². The topological polar surface area (TPSA) is 49.3 Å². The highest BCUT2D eigenvalue weighted by Gasteiger charge is 2.15. The Morgan fingerprint density at radius 2 is 2.31 bits per heavy atom. The molecule has 1 unspecified atom stereocenters. The van der Waals surface area contributed by atoms with Gasteiger partial charge in [0.15, 0.2) is 0 Å². The highest BCUT2D eigenvalue weighted by Crippen LogP contribution is 2.19. The number of carbonyl (C=O) groups is 1. The standard InChI is InChI=1S/C11H13BrFNO2/c1-7(6-15)5-14-11(16)10-8(12)3-2-4-9(10)13/h2-4,7,15H,5-6H2,1H3,(H,14,16). The Hall–Kier alpha value is -0.940. The molecule has 0 aromatic heterocycles. The predicted octanol–water partition coefficient (Wildman–Crippen LogP) is 1.95. The molecule has 1 rings (SSSR count). The first-order valence-electron chi connectivity index (χ1n) is 4.89. The maximum absolute atomic E-state index is 13.4. The molecule has 0 saturated carbocycles. The van der Waals surface area contributed by atoms with E-state index in [-0.39, 0.29) is 18.1 Å². The van der Waals surface area contributed by atoms with Crippen molar-refractivity contribution in [2.24, 2.45) is 5.92 Å². The lowest BCUT2D eigenvalue weighted by Gasteiger charge is -2.10. The number of nitrogens with one attached hydrogen (secondary N) is 1. The second kappa shape index (κ2) is 5.96. The van der Waals surface area contributed by atoms with Crippen LogP contribution in [0.1, 0.15) is 17.3 Å². The fraction of sp³-hybridized carbons (Fsp3) is 0.364. The van der Waals surface area contributed by atoms with Gasteiger partial charge in [-0.15, -0.1) is 0 Å². The van der Waals surface area contributed by atoms with Gasteiger partial charge in [0.2, 0.25) is 0 Å². The molecule has 0 bridgehead atoms. The van der Waals surface area contributed by atoms with Crippen LogP contribution in [-0.4, -0.2) is 24.2 Å². The minimum absolute atomic E-state index is 0.00682. The van der Waals surface area contributed by atoms with E-state index in [2.05, 4.69) is 21.2 Å². The smallest absolute Gasteiger partial charge is 0.255 e. The number of rotatable bonds is 4. The summed E-state index contributed by atoms with van der Waals surface area (Å²) in [7, 11) is 0. The Morgan fingerprint density at radius 3 is 2.88 bits per heavy atom. The largest absolute Gasteiger partial charge is 0.396 e. The van der Waals surface area contributed by atoms with Gasteiger partial charge < -0.3 is 10.4 Å². The molecule has 0 aliphatic heterocycles. The molecule has 0 saturated heterocycles. The molecule has 1 amide bonds. The van der Waals surface area contributed by atoms with E-state index >= 15 is 0 Å². The average molecular weight is 290 g/mol. The van der Waals surface area contributed by atoms with E-state index in [9.17, 15) is 9.18 Å². The normalized spacial score (nSPS) is 12.2. The molecule has 2 N–H and O–H groups in total. The number of benzene rings is 1. The maximum Gasteiger partial charge on any atom is 0.255 e. The van der Waals surface area contributed by atoms with Crippen LogP contribution in [0.2, 0.25) is 0 Å². The van der Waals surface area contributed by atoms with E-state index in [1.807, 2.05) is 0 Å². The van der Waals surface area contributed by atoms with Crippen molar-refractivity contribution in [2.75, 3.05) is 13.2 Å². The van der Waals surface area contributed by atoms with E-state index in [1.165, 1.54) is 12.1 Å². The molecule has 0 fully saturated rings. The van der Waals surface area contributed by atoms with Crippen molar-refractivity contribution in [3.05, 3.63) is 34.1 Å². The molecule has 0 radical (unpaired) electrons. The van der Waals surface area contributed by atoms with Crippen LogP contribution in [0.15, 0.2) is 22.7 Å². The van der Waals surface area contributed by atoms with Gasteiger partial charge in [-0.3, -0.25) is 4.79 Å². The maximum atomic E-state index is 13.4. The first kappa shape index (κ1) is 13.1. The summed E-state index contributed by atoms with van der Waals surface area (Å²) in [5.74, 6) is -1.09. The van der Waals surface area contributed by atoms with Crippen molar-refractivity contribution in [1.29, 1.82) is 0 Å². The zero-order valence-corrected chi connectivity index (χ0v) is 10.4. The Kier molecular flexibility index (Phi) is 4.89. The molecular weight excluding hydrogens is 277 g/mol. The molecule has 0 aliphatic carbocycles. The summed E-state index contributed by atoms with van der Waals surface area (Å²) in [6.45, 7) is 2.09. The van der Waals surface area contributed by atoms with Gasteiger partial charge in [-0.05, 0) is 34.0 Å². The van der Waals surface area contributed by atoms with Crippen LogP contribution in [0.4, 0.5) is 4.39 Å². The SMILES string of the molecule is CC(CO)CNC(=O)c1c(F)cccc1Br. The molecule has 0 heterocycles. The third-order valence-electron chi connectivity index (χ3n) is 2.11. The number of hydrogen-bond acceptors (Lipinski definition) is 2. The van der Waals surface area contributed by atoms with Crippen molar-refractivity contribution in [1.82, 2.24) is 5.32 Å². The van der Waals surface area contributed by atoms with E-state index in [1.54, 1.807) is 13.0 Å². The van der Waals surface area contributed by atoms with Gasteiger partial charge in [-0.2, -0.15) is 0 Å². The summed E-state index contributed by atoms with van der Waals surface area (Å²) < 4.78 is 13.8. The lowest BCUT2D eigenvalue weighted by molar-refractivity contribution is 0.0937. The van der Waals surface area contributed by atoms with Crippen LogP contribution in [0, 0.1) is 11.7 Å². The fourth-order valence-corrected chi connectivity index (χ4v) is 1.66. The zero-order chi connectivity index (χ0) is 12.1. The van der Waals surface area contributed by atoms with E-state index in [4.69, 9.17) is 5.11 Å². The minimum atomic E-state index is -0.566. The number of hydrogen-bond donors (Lipinski definition) is 2. The Labute approximate surface area is 102 Å². The zero-order valence-electron chi connectivity index (χ0n) is 8.84. The molecule has 3 nitrogen and oxygen atoms in total. The number of carbonyl (C=O) groups excluding carboxylic acids is 1. The predicted molar refractivity (Wildman–Crippen MR) is 62.7 cm³/mol. The van der Waals surface area contributed by atoms with Crippen LogP contribution in [0.25, 0.3) is 0 Å². The van der Waals surface area contributed by atoms with Crippen molar-refractivity contribution in [3.8, 4) is 0 Å². The fourth-order valence-electron chi connectivity index (χ4n) is 1.13. The van der Waals surface area contributed by atoms with Crippen LogP contribution in [-0.2, 0) is 0 Å². The first-order chi connectivity index (χ1) is 7.56. The third-order valence-corrected chi connectivity index (χ3v) is 2.77. The molecule has 1 aromatic rings. The number of amides is 1. The third kappa shape index (κ3) is 3.28.